The van der Waals surface area contributed by atoms with Gasteiger partial charge in [0, 0.05) is 18.2 Å². The lowest BCUT2D eigenvalue weighted by atomic mass is 10.1. The first-order valence-corrected chi connectivity index (χ1v) is 6.04. The van der Waals surface area contributed by atoms with E-state index in [1.54, 1.807) is 18.2 Å². The van der Waals surface area contributed by atoms with Gasteiger partial charge in [0.15, 0.2) is 0 Å². The van der Waals surface area contributed by atoms with Crippen LogP contribution in [0.3, 0.4) is 0 Å². The second-order valence-corrected chi connectivity index (χ2v) is 4.13. The molecule has 1 amide bonds. The minimum absolute atomic E-state index is 0.101. The van der Waals surface area contributed by atoms with Crippen LogP contribution in [0.1, 0.15) is 15.9 Å². The zero-order valence-electron chi connectivity index (χ0n) is 10.7. The Morgan fingerprint density at radius 1 is 1.10 bits per heavy atom. The van der Waals surface area contributed by atoms with Crippen molar-refractivity contribution in [3.63, 3.8) is 0 Å². The van der Waals surface area contributed by atoms with Crippen LogP contribution in [0.2, 0.25) is 0 Å². The molecule has 0 spiro atoms. The molecule has 0 aliphatic heterocycles. The molecule has 0 aliphatic carbocycles. The first kappa shape index (κ1) is 13.6. The van der Waals surface area contributed by atoms with E-state index in [-0.39, 0.29) is 17.4 Å². The average Bonchev–Trinajstić information content (AvgIpc) is 2.46. The number of hydrogen-bond donors (Lipinski definition) is 3. The number of aromatic hydroxyl groups is 2. The Labute approximate surface area is 116 Å². The van der Waals surface area contributed by atoms with Crippen LogP contribution in [-0.2, 0) is 6.42 Å². The minimum atomic E-state index is -0.362. The Morgan fingerprint density at radius 3 is 2.50 bits per heavy atom. The Kier molecular flexibility index (Phi) is 4.34. The van der Waals surface area contributed by atoms with Gasteiger partial charge in [-0.15, -0.1) is 0 Å². The summed E-state index contributed by atoms with van der Waals surface area (Å²) in [7, 11) is 0. The van der Waals surface area contributed by atoms with E-state index in [9.17, 15) is 9.90 Å². The molecular weight excluding hydrogens is 256 g/mol. The van der Waals surface area contributed by atoms with Crippen LogP contribution in [-0.4, -0.2) is 22.3 Å². The molecule has 0 fully saturated rings. The van der Waals surface area contributed by atoms with Crippen molar-refractivity contribution in [3.05, 3.63) is 59.7 Å². The van der Waals surface area contributed by atoms with Gasteiger partial charge in [0.05, 0.1) is 0 Å². The fourth-order valence-corrected chi connectivity index (χ4v) is 1.61. The molecule has 2 aromatic rings. The third-order valence-corrected chi connectivity index (χ3v) is 2.69. The zero-order chi connectivity index (χ0) is 14.4. The Morgan fingerprint density at radius 2 is 1.80 bits per heavy atom. The van der Waals surface area contributed by atoms with Crippen molar-refractivity contribution >= 4 is 12.1 Å². The molecule has 0 heterocycles. The van der Waals surface area contributed by atoms with E-state index >= 15 is 0 Å². The van der Waals surface area contributed by atoms with Gasteiger partial charge in [-0.05, 0) is 35.9 Å². The second-order valence-electron chi connectivity index (χ2n) is 4.13. The molecule has 5 nitrogen and oxygen atoms in total. The van der Waals surface area contributed by atoms with Gasteiger partial charge in [0.25, 0.3) is 5.91 Å². The van der Waals surface area contributed by atoms with Crippen LogP contribution >= 0.6 is 0 Å². The molecule has 0 aliphatic rings. The minimum Gasteiger partial charge on any atom is -0.508 e. The topological polar surface area (TPSA) is 81.9 Å². The van der Waals surface area contributed by atoms with Crippen LogP contribution < -0.4 is 5.43 Å². The molecule has 0 aromatic heterocycles. The Balaban J connectivity index is 1.89. The number of nitrogens with zero attached hydrogens (tertiary/aromatic N) is 1. The van der Waals surface area contributed by atoms with Crippen molar-refractivity contribution in [2.45, 2.75) is 6.42 Å². The number of para-hydroxylation sites is 1. The van der Waals surface area contributed by atoms with Crippen LogP contribution in [0, 0.1) is 0 Å². The van der Waals surface area contributed by atoms with Crippen molar-refractivity contribution in [2.24, 2.45) is 5.10 Å². The highest BCUT2D eigenvalue weighted by Gasteiger charge is 2.03. The van der Waals surface area contributed by atoms with E-state index in [0.717, 1.165) is 5.56 Å². The fraction of sp³-hybridized carbons (Fsp3) is 0.0667. The van der Waals surface area contributed by atoms with Crippen molar-refractivity contribution in [1.29, 1.82) is 0 Å². The van der Waals surface area contributed by atoms with Gasteiger partial charge in [-0.1, -0.05) is 18.2 Å². The number of amides is 1. The molecule has 20 heavy (non-hydrogen) atoms. The maximum atomic E-state index is 11.7. The lowest BCUT2D eigenvalue weighted by Crippen LogP contribution is -2.17. The summed E-state index contributed by atoms with van der Waals surface area (Å²) in [5, 5.41) is 22.5. The molecule has 102 valence electrons. The highest BCUT2D eigenvalue weighted by atomic mass is 16.3. The van der Waals surface area contributed by atoms with E-state index in [2.05, 4.69) is 10.5 Å². The van der Waals surface area contributed by atoms with Crippen molar-refractivity contribution < 1.29 is 15.0 Å². The van der Waals surface area contributed by atoms with Gasteiger partial charge in [-0.2, -0.15) is 5.10 Å². The van der Waals surface area contributed by atoms with Crippen molar-refractivity contribution in [2.75, 3.05) is 0 Å². The summed E-state index contributed by atoms with van der Waals surface area (Å²) in [6, 6.07) is 12.8. The summed E-state index contributed by atoms with van der Waals surface area (Å²) in [6.45, 7) is 0. The summed E-state index contributed by atoms with van der Waals surface area (Å²) < 4.78 is 0. The highest BCUT2D eigenvalue weighted by Crippen LogP contribution is 2.15. The summed E-state index contributed by atoms with van der Waals surface area (Å²) >= 11 is 0. The lowest BCUT2D eigenvalue weighted by Gasteiger charge is -2.01. The van der Waals surface area contributed by atoms with Gasteiger partial charge >= 0.3 is 0 Å². The third kappa shape index (κ3) is 3.58. The maximum Gasteiger partial charge on any atom is 0.271 e. The molecule has 0 saturated carbocycles. The van der Waals surface area contributed by atoms with Crippen LogP contribution in [0.15, 0.2) is 53.6 Å². The molecule has 5 heteroatoms. The number of phenolic OH excluding ortho intramolecular Hbond substituents is 2. The number of phenols is 2. The van der Waals surface area contributed by atoms with Gasteiger partial charge in [-0.25, -0.2) is 5.43 Å². The van der Waals surface area contributed by atoms with Crippen LogP contribution in [0.5, 0.6) is 11.5 Å². The monoisotopic (exact) mass is 270 g/mol. The molecule has 2 rings (SSSR count). The van der Waals surface area contributed by atoms with Gasteiger partial charge in [-0.3, -0.25) is 4.79 Å². The molecule has 0 bridgehead atoms. The first-order valence-electron chi connectivity index (χ1n) is 6.04. The molecular formula is C15H14N2O3. The zero-order valence-corrected chi connectivity index (χ0v) is 10.7. The number of carbonyl (C=O) groups is 1. The summed E-state index contributed by atoms with van der Waals surface area (Å²) in [4.78, 5) is 11.7. The number of rotatable bonds is 4. The number of carbonyl (C=O) groups excluding carboxylic acids is 1. The summed E-state index contributed by atoms with van der Waals surface area (Å²) in [5.74, 6) is -0.0630. The van der Waals surface area contributed by atoms with E-state index < -0.39 is 0 Å². The largest absolute Gasteiger partial charge is 0.508 e. The van der Waals surface area contributed by atoms with Crippen LogP contribution in [0.25, 0.3) is 0 Å². The third-order valence-electron chi connectivity index (χ3n) is 2.69. The molecule has 0 saturated heterocycles. The normalized spacial score (nSPS) is 10.6. The van der Waals surface area contributed by atoms with E-state index in [1.165, 1.54) is 30.5 Å². The quantitative estimate of drug-likeness (QED) is 0.587. The fourth-order valence-electron chi connectivity index (χ4n) is 1.61. The average molecular weight is 270 g/mol. The number of nitrogens with one attached hydrogen (secondary N) is 1. The predicted octanol–water partition coefficient (Wildman–Crippen LogP) is 2.06. The smallest absolute Gasteiger partial charge is 0.271 e. The second kappa shape index (κ2) is 6.38. The first-order chi connectivity index (χ1) is 9.66. The van der Waals surface area contributed by atoms with E-state index in [1.807, 2.05) is 6.07 Å². The lowest BCUT2D eigenvalue weighted by molar-refractivity contribution is 0.0955. The maximum absolute atomic E-state index is 11.7. The van der Waals surface area contributed by atoms with E-state index in [0.29, 0.717) is 12.0 Å². The van der Waals surface area contributed by atoms with Crippen molar-refractivity contribution in [3.8, 4) is 11.5 Å². The number of hydrogen-bond acceptors (Lipinski definition) is 4. The van der Waals surface area contributed by atoms with E-state index in [4.69, 9.17) is 5.11 Å². The molecule has 0 radical (unpaired) electrons. The molecule has 3 N–H and O–H groups in total. The summed E-state index contributed by atoms with van der Waals surface area (Å²) in [5.41, 5.74) is 3.51. The number of benzene rings is 2. The Hall–Kier alpha value is -2.82. The standard InChI is InChI=1S/C15H14N2O3/c18-13-7-5-12(6-8-13)15(20)17-16-10-9-11-3-1-2-4-14(11)19/h1-8,10,18-19H,9H2,(H,17,20). The molecule has 0 atom stereocenters. The van der Waals surface area contributed by atoms with Gasteiger partial charge in [0.2, 0.25) is 0 Å². The van der Waals surface area contributed by atoms with Crippen molar-refractivity contribution in [1.82, 2.24) is 5.43 Å². The predicted molar refractivity (Wildman–Crippen MR) is 75.9 cm³/mol. The summed E-state index contributed by atoms with van der Waals surface area (Å²) in [6.07, 6.45) is 1.93. The van der Waals surface area contributed by atoms with Gasteiger partial charge in [0.1, 0.15) is 11.5 Å². The molecule has 2 aromatic carbocycles. The highest BCUT2D eigenvalue weighted by molar-refractivity contribution is 5.94. The Bertz CT molecular complexity index is 621. The van der Waals surface area contributed by atoms with Crippen LogP contribution in [0.4, 0.5) is 0 Å². The SMILES string of the molecule is O=C(NN=CCc1ccccc1O)c1ccc(O)cc1. The van der Waals surface area contributed by atoms with Gasteiger partial charge < -0.3 is 10.2 Å². The number of hydrazone groups is 1. The molecule has 0 unspecified atom stereocenters.